The van der Waals surface area contributed by atoms with Crippen molar-refractivity contribution < 1.29 is 0 Å². The fourth-order valence-corrected chi connectivity index (χ4v) is 3.30. The summed E-state index contributed by atoms with van der Waals surface area (Å²) in [6, 6.07) is 27.2. The molecule has 0 saturated carbocycles. The number of aromatic nitrogens is 2. The van der Waals surface area contributed by atoms with Crippen LogP contribution in [0.4, 0.5) is 0 Å². The second kappa shape index (κ2) is 6.99. The molecule has 0 aliphatic heterocycles. The average Bonchev–Trinajstić information content (AvgIpc) is 3.06. The molecule has 4 rings (SSSR count). The molecule has 0 fully saturated rings. The Balaban J connectivity index is 1.79. The molecule has 0 N–H and O–H groups in total. The first kappa shape index (κ1) is 15.7. The predicted molar refractivity (Wildman–Crippen MR) is 108 cm³/mol. The summed E-state index contributed by atoms with van der Waals surface area (Å²) in [5, 5.41) is 0. The molecular formula is C22H18N2S. The first-order valence-electron chi connectivity index (χ1n) is 8.20. The zero-order valence-electron chi connectivity index (χ0n) is 14.0. The van der Waals surface area contributed by atoms with Gasteiger partial charge in [-0.15, -0.1) is 11.8 Å². The number of rotatable bonds is 4. The van der Waals surface area contributed by atoms with Crippen molar-refractivity contribution in [3.63, 3.8) is 0 Å². The molecule has 1 aromatic heterocycles. The summed E-state index contributed by atoms with van der Waals surface area (Å²) in [7, 11) is 0. The topological polar surface area (TPSA) is 17.8 Å². The van der Waals surface area contributed by atoms with Gasteiger partial charge in [0, 0.05) is 10.6 Å². The summed E-state index contributed by atoms with van der Waals surface area (Å²) in [5.41, 5.74) is 4.41. The lowest BCUT2D eigenvalue weighted by Gasteiger charge is -2.06. The minimum Gasteiger partial charge on any atom is -0.293 e. The number of para-hydroxylation sites is 3. The van der Waals surface area contributed by atoms with Crippen LogP contribution < -0.4 is 0 Å². The quantitative estimate of drug-likeness (QED) is 0.429. The van der Waals surface area contributed by atoms with Gasteiger partial charge in [0.2, 0.25) is 0 Å². The van der Waals surface area contributed by atoms with E-state index in [9.17, 15) is 0 Å². The summed E-state index contributed by atoms with van der Waals surface area (Å²) >= 11 is 1.75. The van der Waals surface area contributed by atoms with E-state index in [2.05, 4.69) is 89.7 Å². The largest absolute Gasteiger partial charge is 0.293 e. The Morgan fingerprint density at radius 2 is 1.52 bits per heavy atom. The van der Waals surface area contributed by atoms with Gasteiger partial charge in [0.15, 0.2) is 0 Å². The van der Waals surface area contributed by atoms with Crippen molar-refractivity contribution in [2.24, 2.45) is 0 Å². The van der Waals surface area contributed by atoms with Gasteiger partial charge in [-0.2, -0.15) is 0 Å². The summed E-state index contributed by atoms with van der Waals surface area (Å²) in [6.07, 6.45) is 6.29. The third-order valence-electron chi connectivity index (χ3n) is 4.14. The molecule has 3 aromatic carbocycles. The van der Waals surface area contributed by atoms with E-state index in [1.807, 2.05) is 12.1 Å². The molecule has 0 aliphatic carbocycles. The fourth-order valence-electron chi connectivity index (χ4n) is 2.89. The summed E-state index contributed by atoms with van der Waals surface area (Å²) in [5.74, 6) is 0.932. The highest BCUT2D eigenvalue weighted by atomic mass is 32.2. The highest BCUT2D eigenvalue weighted by Crippen LogP contribution is 2.23. The molecule has 1 heterocycles. The molecule has 2 nitrogen and oxygen atoms in total. The SMILES string of the molecule is CSc1ccc(/C=C/c2nc3ccccc3n2-c2ccccc2)cc1. The summed E-state index contributed by atoms with van der Waals surface area (Å²) in [6.45, 7) is 0. The third kappa shape index (κ3) is 3.24. The van der Waals surface area contributed by atoms with Crippen LogP contribution in [0.3, 0.4) is 0 Å². The van der Waals surface area contributed by atoms with E-state index in [1.165, 1.54) is 10.5 Å². The standard InChI is InChI=1S/C22H18N2S/c1-25-19-14-11-17(12-15-19)13-16-22-23-20-9-5-6-10-21(20)24(22)18-7-3-2-4-8-18/h2-16H,1H3/b16-13+. The maximum atomic E-state index is 4.81. The Morgan fingerprint density at radius 3 is 2.28 bits per heavy atom. The second-order valence-electron chi connectivity index (χ2n) is 5.74. The smallest absolute Gasteiger partial charge is 0.138 e. The van der Waals surface area contributed by atoms with Crippen LogP contribution in [0.2, 0.25) is 0 Å². The van der Waals surface area contributed by atoms with Crippen molar-refractivity contribution in [2.75, 3.05) is 6.26 Å². The van der Waals surface area contributed by atoms with Crippen molar-refractivity contribution in [1.82, 2.24) is 9.55 Å². The molecule has 0 radical (unpaired) electrons. The summed E-state index contributed by atoms with van der Waals surface area (Å²) in [4.78, 5) is 6.08. The molecule has 0 bridgehead atoms. The van der Waals surface area contributed by atoms with Crippen LogP contribution in [0.25, 0.3) is 28.9 Å². The van der Waals surface area contributed by atoms with E-state index < -0.39 is 0 Å². The van der Waals surface area contributed by atoms with Gasteiger partial charge in [-0.3, -0.25) is 4.57 Å². The molecule has 0 spiro atoms. The minimum absolute atomic E-state index is 0.932. The van der Waals surface area contributed by atoms with Gasteiger partial charge in [0.25, 0.3) is 0 Å². The number of hydrogen-bond acceptors (Lipinski definition) is 2. The second-order valence-corrected chi connectivity index (χ2v) is 6.62. The number of thioether (sulfide) groups is 1. The van der Waals surface area contributed by atoms with Crippen molar-refractivity contribution >= 4 is 34.9 Å². The van der Waals surface area contributed by atoms with Crippen LogP contribution in [0.1, 0.15) is 11.4 Å². The lowest BCUT2D eigenvalue weighted by atomic mass is 10.2. The molecule has 0 atom stereocenters. The van der Waals surface area contributed by atoms with Crippen LogP contribution in [-0.2, 0) is 0 Å². The number of benzene rings is 3. The molecule has 3 heteroatoms. The van der Waals surface area contributed by atoms with E-state index in [1.54, 1.807) is 11.8 Å². The first-order chi connectivity index (χ1) is 12.3. The number of imidazole rings is 1. The van der Waals surface area contributed by atoms with Gasteiger partial charge in [0.1, 0.15) is 5.82 Å². The van der Waals surface area contributed by atoms with E-state index >= 15 is 0 Å². The monoisotopic (exact) mass is 342 g/mol. The zero-order chi connectivity index (χ0) is 17.1. The van der Waals surface area contributed by atoms with Crippen LogP contribution in [-0.4, -0.2) is 15.8 Å². The van der Waals surface area contributed by atoms with Gasteiger partial charge in [-0.1, -0.05) is 48.5 Å². The van der Waals surface area contributed by atoms with E-state index in [-0.39, 0.29) is 0 Å². The average molecular weight is 342 g/mol. The highest BCUT2D eigenvalue weighted by Gasteiger charge is 2.09. The predicted octanol–water partition coefficient (Wildman–Crippen LogP) is 5.92. The molecule has 0 amide bonds. The van der Waals surface area contributed by atoms with Crippen molar-refractivity contribution in [2.45, 2.75) is 4.90 Å². The van der Waals surface area contributed by atoms with E-state index in [4.69, 9.17) is 4.98 Å². The Hall–Kier alpha value is -2.78. The maximum Gasteiger partial charge on any atom is 0.138 e. The molecule has 4 aromatic rings. The van der Waals surface area contributed by atoms with Crippen molar-refractivity contribution in [3.05, 3.63) is 90.3 Å². The van der Waals surface area contributed by atoms with Crippen LogP contribution in [0, 0.1) is 0 Å². The van der Waals surface area contributed by atoms with Gasteiger partial charge in [-0.25, -0.2) is 4.98 Å². The molecule has 25 heavy (non-hydrogen) atoms. The minimum atomic E-state index is 0.932. The molecule has 122 valence electrons. The Kier molecular flexibility index (Phi) is 4.40. The molecule has 0 saturated heterocycles. The van der Waals surface area contributed by atoms with Crippen molar-refractivity contribution in [1.29, 1.82) is 0 Å². The van der Waals surface area contributed by atoms with Crippen LogP contribution >= 0.6 is 11.8 Å². The molecular weight excluding hydrogens is 324 g/mol. The van der Waals surface area contributed by atoms with Crippen molar-refractivity contribution in [3.8, 4) is 5.69 Å². The maximum absolute atomic E-state index is 4.81. The van der Waals surface area contributed by atoms with Crippen LogP contribution in [0.5, 0.6) is 0 Å². The van der Waals surface area contributed by atoms with Gasteiger partial charge < -0.3 is 0 Å². The Bertz CT molecular complexity index is 1020. The molecule has 0 unspecified atom stereocenters. The third-order valence-corrected chi connectivity index (χ3v) is 4.89. The highest BCUT2D eigenvalue weighted by molar-refractivity contribution is 7.98. The fraction of sp³-hybridized carbons (Fsp3) is 0.0455. The lowest BCUT2D eigenvalue weighted by molar-refractivity contribution is 1.07. The molecule has 0 aliphatic rings. The normalized spacial score (nSPS) is 11.4. The van der Waals surface area contributed by atoms with Gasteiger partial charge in [-0.05, 0) is 54.3 Å². The Labute approximate surface area is 151 Å². The first-order valence-corrected chi connectivity index (χ1v) is 9.43. The summed E-state index contributed by atoms with van der Waals surface area (Å²) < 4.78 is 2.20. The number of fused-ring (bicyclic) bond motifs is 1. The van der Waals surface area contributed by atoms with Crippen LogP contribution in [0.15, 0.2) is 83.8 Å². The lowest BCUT2D eigenvalue weighted by Crippen LogP contribution is -1.96. The van der Waals surface area contributed by atoms with Gasteiger partial charge in [0.05, 0.1) is 11.0 Å². The Morgan fingerprint density at radius 1 is 0.800 bits per heavy atom. The number of hydrogen-bond donors (Lipinski definition) is 0. The van der Waals surface area contributed by atoms with E-state index in [0.29, 0.717) is 0 Å². The van der Waals surface area contributed by atoms with E-state index in [0.717, 1.165) is 22.5 Å². The number of nitrogens with zero attached hydrogens (tertiary/aromatic N) is 2. The van der Waals surface area contributed by atoms with Gasteiger partial charge >= 0.3 is 0 Å². The zero-order valence-corrected chi connectivity index (χ0v) is 14.8.